The Kier molecular flexibility index (Phi) is 3.09. The van der Waals surface area contributed by atoms with E-state index in [1.54, 1.807) is 0 Å². The van der Waals surface area contributed by atoms with E-state index in [9.17, 15) is 4.79 Å². The van der Waals surface area contributed by atoms with Crippen molar-refractivity contribution >= 4 is 5.91 Å². The van der Waals surface area contributed by atoms with E-state index in [4.69, 9.17) is 4.74 Å². The molecule has 17 heavy (non-hydrogen) atoms. The number of hydrogen-bond donors (Lipinski definition) is 1. The van der Waals surface area contributed by atoms with Gasteiger partial charge in [-0.05, 0) is 32.6 Å². The average molecular weight is 238 g/mol. The molecule has 3 rings (SSSR count). The molecule has 1 aliphatic carbocycles. The fraction of sp³-hybridized carbons (Fsp3) is 0.923. The van der Waals surface area contributed by atoms with Gasteiger partial charge in [0.05, 0.1) is 12.6 Å². The van der Waals surface area contributed by atoms with Gasteiger partial charge in [-0.15, -0.1) is 0 Å². The predicted octanol–water partition coefficient (Wildman–Crippen LogP) is 0.764. The lowest BCUT2D eigenvalue weighted by atomic mass is 9.99. The zero-order valence-electron chi connectivity index (χ0n) is 10.5. The Bertz CT molecular complexity index is 298. The Hall–Kier alpha value is -0.610. The number of nitrogens with zero attached hydrogens (tertiary/aromatic N) is 1. The van der Waals surface area contributed by atoms with Gasteiger partial charge in [0.2, 0.25) is 5.91 Å². The van der Waals surface area contributed by atoms with Gasteiger partial charge in [-0.2, -0.15) is 0 Å². The van der Waals surface area contributed by atoms with Crippen LogP contribution in [-0.4, -0.2) is 48.7 Å². The summed E-state index contributed by atoms with van der Waals surface area (Å²) in [6, 6.07) is 1.05. The van der Waals surface area contributed by atoms with E-state index in [1.807, 2.05) is 0 Å². The molecule has 3 atom stereocenters. The Morgan fingerprint density at radius 2 is 2.18 bits per heavy atom. The minimum atomic E-state index is 0.0901. The summed E-state index contributed by atoms with van der Waals surface area (Å²) in [6.07, 6.45) is 4.57. The van der Waals surface area contributed by atoms with Crippen LogP contribution in [-0.2, 0) is 9.53 Å². The molecule has 4 heteroatoms. The van der Waals surface area contributed by atoms with E-state index < -0.39 is 0 Å². The molecule has 3 aliphatic rings. The molecule has 2 saturated heterocycles. The lowest BCUT2D eigenvalue weighted by molar-refractivity contribution is -0.132. The highest BCUT2D eigenvalue weighted by atomic mass is 16.5. The topological polar surface area (TPSA) is 41.6 Å². The largest absolute Gasteiger partial charge is 0.381 e. The van der Waals surface area contributed by atoms with Gasteiger partial charge in [0.15, 0.2) is 0 Å². The molecular weight excluding hydrogens is 216 g/mol. The Labute approximate surface area is 103 Å². The summed E-state index contributed by atoms with van der Waals surface area (Å²) in [5.41, 5.74) is 0. The first-order valence-corrected chi connectivity index (χ1v) is 6.90. The molecule has 0 aromatic heterocycles. The summed E-state index contributed by atoms with van der Waals surface area (Å²) in [6.45, 7) is 4.78. The lowest BCUT2D eigenvalue weighted by Crippen LogP contribution is -2.45. The van der Waals surface area contributed by atoms with Crippen LogP contribution in [0, 0.1) is 5.92 Å². The summed E-state index contributed by atoms with van der Waals surface area (Å²) in [7, 11) is 0. The Morgan fingerprint density at radius 1 is 1.35 bits per heavy atom. The fourth-order valence-electron chi connectivity index (χ4n) is 2.98. The number of hydrogen-bond acceptors (Lipinski definition) is 3. The molecule has 1 N–H and O–H groups in total. The maximum Gasteiger partial charge on any atom is 0.240 e. The highest BCUT2D eigenvalue weighted by molar-refractivity contribution is 5.84. The second-order valence-corrected chi connectivity index (χ2v) is 5.68. The fourth-order valence-corrected chi connectivity index (χ4v) is 2.98. The normalized spacial score (nSPS) is 35.6. The number of nitrogens with one attached hydrogen (secondary N) is 1. The van der Waals surface area contributed by atoms with Crippen molar-refractivity contribution in [3.63, 3.8) is 0 Å². The van der Waals surface area contributed by atoms with Crippen LogP contribution >= 0.6 is 0 Å². The summed E-state index contributed by atoms with van der Waals surface area (Å²) >= 11 is 0. The summed E-state index contributed by atoms with van der Waals surface area (Å²) in [5.74, 6) is 0.856. The van der Waals surface area contributed by atoms with E-state index in [1.165, 1.54) is 12.8 Å². The molecule has 3 fully saturated rings. The van der Waals surface area contributed by atoms with Crippen LogP contribution < -0.4 is 5.32 Å². The van der Waals surface area contributed by atoms with E-state index in [2.05, 4.69) is 17.1 Å². The van der Waals surface area contributed by atoms with Crippen molar-refractivity contribution in [1.29, 1.82) is 0 Å². The van der Waals surface area contributed by atoms with E-state index in [-0.39, 0.29) is 6.04 Å². The molecule has 1 saturated carbocycles. The SMILES string of the molecule is CC(C1CCOC1)N1CCC(NC2CC2)C1=O. The number of likely N-dealkylation sites (tertiary alicyclic amines) is 1. The first-order chi connectivity index (χ1) is 8.25. The van der Waals surface area contributed by atoms with Crippen LogP contribution in [0.3, 0.4) is 0 Å². The highest BCUT2D eigenvalue weighted by Crippen LogP contribution is 2.27. The number of ether oxygens (including phenoxy) is 1. The molecule has 3 unspecified atom stereocenters. The molecule has 1 amide bonds. The maximum atomic E-state index is 12.3. The van der Waals surface area contributed by atoms with Gasteiger partial charge < -0.3 is 15.0 Å². The van der Waals surface area contributed by atoms with Crippen LogP contribution in [0.1, 0.15) is 32.6 Å². The van der Waals surface area contributed by atoms with Crippen molar-refractivity contribution in [2.75, 3.05) is 19.8 Å². The molecule has 0 spiro atoms. The average Bonchev–Trinajstić information content (AvgIpc) is 2.85. The first kappa shape index (κ1) is 11.5. The third kappa shape index (κ3) is 2.33. The van der Waals surface area contributed by atoms with Gasteiger partial charge in [-0.1, -0.05) is 0 Å². The maximum absolute atomic E-state index is 12.3. The molecule has 0 bridgehead atoms. The standard InChI is InChI=1S/C13H22N2O2/c1-9(10-5-7-17-8-10)15-6-4-12(13(15)16)14-11-2-3-11/h9-12,14H,2-8H2,1H3. The second kappa shape index (κ2) is 4.58. The van der Waals surface area contributed by atoms with E-state index in [0.29, 0.717) is 23.9 Å². The van der Waals surface area contributed by atoms with Crippen LogP contribution in [0.25, 0.3) is 0 Å². The second-order valence-electron chi connectivity index (χ2n) is 5.68. The molecule has 2 heterocycles. The molecule has 4 nitrogen and oxygen atoms in total. The molecule has 0 radical (unpaired) electrons. The summed E-state index contributed by atoms with van der Waals surface area (Å²) in [4.78, 5) is 14.4. The zero-order chi connectivity index (χ0) is 11.8. The van der Waals surface area contributed by atoms with Gasteiger partial charge in [-0.3, -0.25) is 4.79 Å². The number of amides is 1. The van der Waals surface area contributed by atoms with Crippen molar-refractivity contribution in [3.8, 4) is 0 Å². The zero-order valence-corrected chi connectivity index (χ0v) is 10.5. The summed E-state index contributed by atoms with van der Waals surface area (Å²) in [5, 5.41) is 3.46. The molecular formula is C13H22N2O2. The molecule has 96 valence electrons. The number of rotatable bonds is 4. The van der Waals surface area contributed by atoms with Crippen molar-refractivity contribution in [1.82, 2.24) is 10.2 Å². The van der Waals surface area contributed by atoms with Crippen LogP contribution in [0.5, 0.6) is 0 Å². The molecule has 0 aromatic carbocycles. The van der Waals surface area contributed by atoms with Gasteiger partial charge in [0.25, 0.3) is 0 Å². The van der Waals surface area contributed by atoms with Crippen LogP contribution in [0.2, 0.25) is 0 Å². The van der Waals surface area contributed by atoms with Crippen molar-refractivity contribution in [3.05, 3.63) is 0 Å². The third-order valence-corrected chi connectivity index (χ3v) is 4.39. The Morgan fingerprint density at radius 3 is 2.82 bits per heavy atom. The number of carbonyl (C=O) groups excluding carboxylic acids is 1. The third-order valence-electron chi connectivity index (χ3n) is 4.39. The van der Waals surface area contributed by atoms with Gasteiger partial charge in [-0.25, -0.2) is 0 Å². The number of carbonyl (C=O) groups is 1. The smallest absolute Gasteiger partial charge is 0.240 e. The van der Waals surface area contributed by atoms with Crippen LogP contribution in [0.15, 0.2) is 0 Å². The van der Waals surface area contributed by atoms with Gasteiger partial charge in [0, 0.05) is 31.2 Å². The highest BCUT2D eigenvalue weighted by Gasteiger charge is 2.39. The Balaban J connectivity index is 1.57. The van der Waals surface area contributed by atoms with Crippen molar-refractivity contribution < 1.29 is 9.53 Å². The van der Waals surface area contributed by atoms with Crippen LogP contribution in [0.4, 0.5) is 0 Å². The van der Waals surface area contributed by atoms with Gasteiger partial charge in [0.1, 0.15) is 0 Å². The molecule has 2 aliphatic heterocycles. The van der Waals surface area contributed by atoms with E-state index >= 15 is 0 Å². The van der Waals surface area contributed by atoms with Gasteiger partial charge >= 0.3 is 0 Å². The minimum absolute atomic E-state index is 0.0901. The lowest BCUT2D eigenvalue weighted by Gasteiger charge is -2.29. The minimum Gasteiger partial charge on any atom is -0.381 e. The summed E-state index contributed by atoms with van der Waals surface area (Å²) < 4.78 is 5.42. The monoisotopic (exact) mass is 238 g/mol. The van der Waals surface area contributed by atoms with Crippen molar-refractivity contribution in [2.24, 2.45) is 5.92 Å². The van der Waals surface area contributed by atoms with E-state index in [0.717, 1.165) is 32.6 Å². The first-order valence-electron chi connectivity index (χ1n) is 6.90. The van der Waals surface area contributed by atoms with Crippen molar-refractivity contribution in [2.45, 2.75) is 50.7 Å². The quantitative estimate of drug-likeness (QED) is 0.786. The predicted molar refractivity (Wildman–Crippen MR) is 64.7 cm³/mol. The molecule has 0 aromatic rings.